The third-order valence-electron chi connectivity index (χ3n) is 5.41. The molecule has 0 bridgehead atoms. The molecule has 2 unspecified atom stereocenters. The normalized spacial score (nSPS) is 13.3. The number of aryl methyl sites for hydroxylation is 1. The van der Waals surface area contributed by atoms with E-state index in [4.69, 9.17) is 4.74 Å². The van der Waals surface area contributed by atoms with E-state index in [2.05, 4.69) is 10.6 Å². The van der Waals surface area contributed by atoms with Crippen molar-refractivity contribution in [3.05, 3.63) is 65.2 Å². The lowest BCUT2D eigenvalue weighted by atomic mass is 9.98. The summed E-state index contributed by atoms with van der Waals surface area (Å²) in [5, 5.41) is 15.4. The van der Waals surface area contributed by atoms with E-state index in [1.54, 1.807) is 39.8 Å². The molecule has 0 aromatic heterocycles. The molecule has 0 spiro atoms. The third-order valence-corrected chi connectivity index (χ3v) is 5.41. The van der Waals surface area contributed by atoms with E-state index in [9.17, 15) is 19.5 Å². The van der Waals surface area contributed by atoms with Crippen molar-refractivity contribution >= 4 is 17.9 Å². The molecular formula is C29H41N3O5. The molecule has 0 aliphatic rings. The predicted octanol–water partition coefficient (Wildman–Crippen LogP) is 4.64. The molecule has 0 saturated carbocycles. The number of phenols is 1. The number of nitrogens with one attached hydrogen (secondary N) is 2. The van der Waals surface area contributed by atoms with Gasteiger partial charge in [-0.3, -0.25) is 9.59 Å². The molecule has 37 heavy (non-hydrogen) atoms. The minimum atomic E-state index is -1.01. The number of aromatic hydroxyl groups is 1. The van der Waals surface area contributed by atoms with E-state index < -0.39 is 35.2 Å². The fourth-order valence-electron chi connectivity index (χ4n) is 3.93. The van der Waals surface area contributed by atoms with Crippen molar-refractivity contribution in [2.24, 2.45) is 0 Å². The van der Waals surface area contributed by atoms with Crippen LogP contribution in [0.25, 0.3) is 0 Å². The lowest BCUT2D eigenvalue weighted by Gasteiger charge is -2.35. The van der Waals surface area contributed by atoms with Crippen LogP contribution in [-0.4, -0.2) is 51.6 Å². The topological polar surface area (TPSA) is 108 Å². The average Bonchev–Trinajstić information content (AvgIpc) is 2.75. The van der Waals surface area contributed by atoms with Gasteiger partial charge in [0.2, 0.25) is 11.8 Å². The predicted molar refractivity (Wildman–Crippen MR) is 144 cm³/mol. The summed E-state index contributed by atoms with van der Waals surface area (Å²) < 4.78 is 5.42. The number of phenolic OH excluding ortho intramolecular Hbond substituents is 1. The van der Waals surface area contributed by atoms with Gasteiger partial charge in [-0.1, -0.05) is 42.0 Å². The van der Waals surface area contributed by atoms with Crippen LogP contribution < -0.4 is 10.6 Å². The zero-order valence-corrected chi connectivity index (χ0v) is 23.2. The molecule has 0 heterocycles. The summed E-state index contributed by atoms with van der Waals surface area (Å²) in [6, 6.07) is 12.0. The first-order chi connectivity index (χ1) is 17.1. The first-order valence-electron chi connectivity index (χ1n) is 12.6. The highest BCUT2D eigenvalue weighted by Gasteiger charge is 2.36. The maximum atomic E-state index is 14.0. The van der Waals surface area contributed by atoms with Gasteiger partial charge in [-0.25, -0.2) is 4.79 Å². The summed E-state index contributed by atoms with van der Waals surface area (Å²) in [7, 11) is 0. The molecule has 0 fully saturated rings. The number of ether oxygens (including phenoxy) is 1. The second-order valence-corrected chi connectivity index (χ2v) is 11.2. The van der Waals surface area contributed by atoms with Crippen LogP contribution in [0.1, 0.15) is 71.2 Å². The van der Waals surface area contributed by atoms with Gasteiger partial charge in [-0.05, 0) is 78.6 Å². The Bertz CT molecular complexity index is 1080. The van der Waals surface area contributed by atoms with Crippen LogP contribution in [0.4, 0.5) is 4.79 Å². The molecule has 2 rings (SSSR count). The van der Waals surface area contributed by atoms with Gasteiger partial charge in [0.1, 0.15) is 23.4 Å². The highest BCUT2D eigenvalue weighted by atomic mass is 16.6. The molecule has 2 atom stereocenters. The molecule has 3 N–H and O–H groups in total. The number of amides is 3. The summed E-state index contributed by atoms with van der Waals surface area (Å²) in [6.07, 6.45) is -0.581. The number of alkyl carbamates (subject to hydrolysis) is 1. The molecule has 202 valence electrons. The van der Waals surface area contributed by atoms with Crippen molar-refractivity contribution in [2.75, 3.05) is 6.54 Å². The molecule has 2 aromatic carbocycles. The van der Waals surface area contributed by atoms with E-state index in [-0.39, 0.29) is 24.6 Å². The number of benzene rings is 2. The van der Waals surface area contributed by atoms with Crippen molar-refractivity contribution in [3.63, 3.8) is 0 Å². The Morgan fingerprint density at radius 1 is 1.00 bits per heavy atom. The van der Waals surface area contributed by atoms with E-state index in [1.165, 1.54) is 17.0 Å². The van der Waals surface area contributed by atoms with E-state index in [0.29, 0.717) is 5.56 Å². The second-order valence-electron chi connectivity index (χ2n) is 11.2. The number of carbonyl (C=O) groups is 3. The monoisotopic (exact) mass is 511 g/mol. The largest absolute Gasteiger partial charge is 0.508 e. The van der Waals surface area contributed by atoms with Crippen molar-refractivity contribution < 1.29 is 24.2 Å². The average molecular weight is 512 g/mol. The molecule has 0 aliphatic heterocycles. The smallest absolute Gasteiger partial charge is 0.408 e. The summed E-state index contributed by atoms with van der Waals surface area (Å²) in [6.45, 7) is 14.8. The maximum absolute atomic E-state index is 14.0. The van der Waals surface area contributed by atoms with Crippen molar-refractivity contribution in [1.82, 2.24) is 15.5 Å². The Hall–Kier alpha value is -3.55. The van der Waals surface area contributed by atoms with Gasteiger partial charge >= 0.3 is 6.09 Å². The lowest BCUT2D eigenvalue weighted by molar-refractivity contribution is -0.142. The summed E-state index contributed by atoms with van der Waals surface area (Å²) in [4.78, 5) is 41.8. The Morgan fingerprint density at radius 3 is 2.14 bits per heavy atom. The summed E-state index contributed by atoms with van der Waals surface area (Å²) >= 11 is 0. The van der Waals surface area contributed by atoms with Crippen LogP contribution in [0.15, 0.2) is 48.5 Å². The van der Waals surface area contributed by atoms with Gasteiger partial charge in [0.05, 0.1) is 0 Å². The van der Waals surface area contributed by atoms with Crippen LogP contribution in [0.3, 0.4) is 0 Å². The fraction of sp³-hybridized carbons (Fsp3) is 0.483. The van der Waals surface area contributed by atoms with Gasteiger partial charge < -0.3 is 25.4 Å². The zero-order valence-electron chi connectivity index (χ0n) is 23.2. The molecule has 3 amide bonds. The summed E-state index contributed by atoms with van der Waals surface area (Å²) in [5.74, 6) is -0.633. The van der Waals surface area contributed by atoms with E-state index >= 15 is 0 Å². The fourth-order valence-corrected chi connectivity index (χ4v) is 3.93. The van der Waals surface area contributed by atoms with Crippen molar-refractivity contribution in [2.45, 2.75) is 85.0 Å². The van der Waals surface area contributed by atoms with Gasteiger partial charge in [0.25, 0.3) is 0 Å². The number of rotatable bonds is 8. The minimum absolute atomic E-state index is 0.0975. The first kappa shape index (κ1) is 29.7. The van der Waals surface area contributed by atoms with Crippen molar-refractivity contribution in [3.8, 4) is 5.75 Å². The number of carbonyl (C=O) groups excluding carboxylic acids is 3. The molecular weight excluding hydrogens is 470 g/mol. The van der Waals surface area contributed by atoms with E-state index in [1.807, 2.05) is 52.0 Å². The number of nitrogens with zero attached hydrogens (tertiary/aromatic N) is 1. The molecule has 8 heteroatoms. The minimum Gasteiger partial charge on any atom is -0.508 e. The van der Waals surface area contributed by atoms with Crippen LogP contribution in [0.5, 0.6) is 5.75 Å². The maximum Gasteiger partial charge on any atom is 0.408 e. The molecule has 0 saturated heterocycles. The van der Waals surface area contributed by atoms with Crippen molar-refractivity contribution in [1.29, 1.82) is 0 Å². The second kappa shape index (κ2) is 12.1. The van der Waals surface area contributed by atoms with Gasteiger partial charge in [-0.15, -0.1) is 0 Å². The van der Waals surface area contributed by atoms with Gasteiger partial charge in [-0.2, -0.15) is 0 Å². The third kappa shape index (κ3) is 9.44. The standard InChI is InChI=1S/C29H41N3O5/c1-9-32(24(25(34)31-28(3,4)5)21-12-10-11-19(2)17-21)26(35)23(30-27(36)37-29(6,7)8)18-20-13-15-22(33)16-14-20/h10-17,23-24,33H,9,18H2,1-8H3,(H,30,36)(H,31,34). The number of hydrogen-bond donors (Lipinski definition) is 3. The highest BCUT2D eigenvalue weighted by Crippen LogP contribution is 2.25. The summed E-state index contributed by atoms with van der Waals surface area (Å²) in [5.41, 5.74) is 1.10. The number of hydrogen-bond acceptors (Lipinski definition) is 5. The Kier molecular flexibility index (Phi) is 9.73. The zero-order chi connectivity index (χ0) is 28.0. The Balaban J connectivity index is 2.50. The number of likely N-dealkylation sites (N-methyl/N-ethyl adjacent to an activating group) is 1. The molecule has 0 aliphatic carbocycles. The van der Waals surface area contributed by atoms with E-state index in [0.717, 1.165) is 11.1 Å². The highest BCUT2D eigenvalue weighted by molar-refractivity contribution is 5.92. The lowest BCUT2D eigenvalue weighted by Crippen LogP contribution is -2.55. The molecule has 8 nitrogen and oxygen atoms in total. The Labute approximate surface area is 220 Å². The van der Waals surface area contributed by atoms with Crippen LogP contribution >= 0.6 is 0 Å². The Morgan fingerprint density at radius 2 is 1.62 bits per heavy atom. The van der Waals surface area contributed by atoms with Gasteiger partial charge in [0.15, 0.2) is 0 Å². The van der Waals surface area contributed by atoms with Crippen LogP contribution in [0.2, 0.25) is 0 Å². The first-order valence-corrected chi connectivity index (χ1v) is 12.6. The quantitative estimate of drug-likeness (QED) is 0.479. The molecule has 2 aromatic rings. The molecule has 0 radical (unpaired) electrons. The van der Waals surface area contributed by atoms with Gasteiger partial charge in [0, 0.05) is 18.5 Å². The van der Waals surface area contributed by atoms with Crippen LogP contribution in [-0.2, 0) is 20.7 Å². The van der Waals surface area contributed by atoms with Crippen LogP contribution in [0, 0.1) is 6.92 Å². The SMILES string of the molecule is CCN(C(=O)C(Cc1ccc(O)cc1)NC(=O)OC(C)(C)C)C(C(=O)NC(C)(C)C)c1cccc(C)c1.